The monoisotopic (exact) mass is 295 g/mol. The summed E-state index contributed by atoms with van der Waals surface area (Å²) in [5, 5.41) is 0.563. The lowest BCUT2D eigenvalue weighted by molar-refractivity contribution is 0.399. The zero-order valence-corrected chi connectivity index (χ0v) is 12.1. The van der Waals surface area contributed by atoms with Crippen LogP contribution in [-0.4, -0.2) is 31.4 Å². The van der Waals surface area contributed by atoms with Crippen LogP contribution in [0.15, 0.2) is 24.3 Å². The summed E-state index contributed by atoms with van der Waals surface area (Å²) in [4.78, 5) is 0. The van der Waals surface area contributed by atoms with E-state index in [2.05, 4.69) is 0 Å². The van der Waals surface area contributed by atoms with Crippen molar-refractivity contribution in [3.8, 4) is 0 Å². The van der Waals surface area contributed by atoms with Gasteiger partial charge in [0.2, 0.25) is 10.0 Å². The molecule has 17 heavy (non-hydrogen) atoms. The molecule has 6 heteroatoms. The molecule has 1 aromatic carbocycles. The van der Waals surface area contributed by atoms with E-state index < -0.39 is 10.0 Å². The fourth-order valence-corrected chi connectivity index (χ4v) is 3.45. The average molecular weight is 296 g/mol. The Labute approximate surface area is 112 Å². The maximum Gasteiger partial charge on any atom is 0.215 e. The van der Waals surface area contributed by atoms with Crippen LogP contribution in [0, 0.1) is 0 Å². The molecule has 1 atom stereocenters. The molecule has 1 unspecified atom stereocenters. The second-order valence-corrected chi connectivity index (χ2v) is 6.65. The van der Waals surface area contributed by atoms with E-state index in [-0.39, 0.29) is 17.7 Å². The summed E-state index contributed by atoms with van der Waals surface area (Å²) >= 11 is 11.5. The molecule has 0 aliphatic carbocycles. The van der Waals surface area contributed by atoms with E-state index in [0.29, 0.717) is 5.02 Å². The van der Waals surface area contributed by atoms with Crippen molar-refractivity contribution in [2.75, 3.05) is 18.7 Å². The predicted molar refractivity (Wildman–Crippen MR) is 72.1 cm³/mol. The van der Waals surface area contributed by atoms with E-state index in [1.807, 2.05) is 18.2 Å². The fraction of sp³-hybridized carbons (Fsp3) is 0.455. The number of hydrogen-bond acceptors (Lipinski definition) is 2. The molecule has 0 N–H and O–H groups in total. The van der Waals surface area contributed by atoms with E-state index in [4.69, 9.17) is 23.2 Å². The second kappa shape index (κ2) is 6.05. The largest absolute Gasteiger partial charge is 0.215 e. The first-order valence-corrected chi connectivity index (χ1v) is 7.68. The Bertz CT molecular complexity index is 476. The fourth-order valence-electron chi connectivity index (χ4n) is 1.49. The van der Waals surface area contributed by atoms with Gasteiger partial charge in [-0.3, -0.25) is 0 Å². The van der Waals surface area contributed by atoms with Crippen LogP contribution in [0.3, 0.4) is 0 Å². The topological polar surface area (TPSA) is 37.4 Å². The van der Waals surface area contributed by atoms with Crippen LogP contribution in [0.4, 0.5) is 0 Å². The molecule has 0 amide bonds. The average Bonchev–Trinajstić information content (AvgIpc) is 2.27. The van der Waals surface area contributed by atoms with Gasteiger partial charge < -0.3 is 0 Å². The second-order valence-electron chi connectivity index (χ2n) is 3.72. The SMILES string of the molecule is CC(c1ccccc1Cl)N(C)S(=O)(=O)CCCl. The van der Waals surface area contributed by atoms with E-state index in [0.717, 1.165) is 5.56 Å². The maximum absolute atomic E-state index is 11.9. The summed E-state index contributed by atoms with van der Waals surface area (Å²) in [6.07, 6.45) is 0. The minimum atomic E-state index is -3.33. The molecule has 0 bridgehead atoms. The molecule has 0 aliphatic rings. The molecule has 1 aromatic rings. The number of alkyl halides is 1. The van der Waals surface area contributed by atoms with Gasteiger partial charge in [0.15, 0.2) is 0 Å². The Morgan fingerprint density at radius 3 is 2.47 bits per heavy atom. The van der Waals surface area contributed by atoms with Crippen molar-refractivity contribution in [3.63, 3.8) is 0 Å². The molecule has 0 saturated carbocycles. The number of hydrogen-bond donors (Lipinski definition) is 0. The van der Waals surface area contributed by atoms with Crippen LogP contribution in [0.5, 0.6) is 0 Å². The molecule has 3 nitrogen and oxygen atoms in total. The number of sulfonamides is 1. The highest BCUT2D eigenvalue weighted by atomic mass is 35.5. The Balaban J connectivity index is 2.99. The van der Waals surface area contributed by atoms with Crippen LogP contribution >= 0.6 is 23.2 Å². The van der Waals surface area contributed by atoms with Crippen LogP contribution in [0.1, 0.15) is 18.5 Å². The third-order valence-electron chi connectivity index (χ3n) is 2.67. The van der Waals surface area contributed by atoms with Crippen LogP contribution in [-0.2, 0) is 10.0 Å². The van der Waals surface area contributed by atoms with Crippen molar-refractivity contribution < 1.29 is 8.42 Å². The van der Waals surface area contributed by atoms with Crippen molar-refractivity contribution >= 4 is 33.2 Å². The summed E-state index contributed by atoms with van der Waals surface area (Å²) in [5.74, 6) is 0.0156. The standard InChI is InChI=1S/C11H15Cl2NO2S/c1-9(10-5-3-4-6-11(10)13)14(2)17(15,16)8-7-12/h3-6,9H,7-8H2,1-2H3. The lowest BCUT2D eigenvalue weighted by Crippen LogP contribution is -2.32. The van der Waals surface area contributed by atoms with Crippen LogP contribution in [0.2, 0.25) is 5.02 Å². The zero-order valence-electron chi connectivity index (χ0n) is 9.73. The van der Waals surface area contributed by atoms with Gasteiger partial charge in [-0.05, 0) is 18.6 Å². The Morgan fingerprint density at radius 1 is 1.35 bits per heavy atom. The molecule has 0 aliphatic heterocycles. The van der Waals surface area contributed by atoms with Gasteiger partial charge in [-0.25, -0.2) is 8.42 Å². The lowest BCUT2D eigenvalue weighted by atomic mass is 10.1. The molecule has 0 radical (unpaired) electrons. The normalized spacial score (nSPS) is 13.9. The van der Waals surface area contributed by atoms with E-state index in [1.165, 1.54) is 11.4 Å². The molecule has 0 spiro atoms. The molecule has 1 rings (SSSR count). The summed E-state index contributed by atoms with van der Waals surface area (Å²) in [6, 6.07) is 6.90. The molecule has 0 aromatic heterocycles. The van der Waals surface area contributed by atoms with Gasteiger partial charge in [0.1, 0.15) is 0 Å². The third-order valence-corrected chi connectivity index (χ3v) is 5.35. The van der Waals surface area contributed by atoms with Crippen molar-refractivity contribution in [2.45, 2.75) is 13.0 Å². The predicted octanol–water partition coefficient (Wildman–Crippen LogP) is 2.90. The molecule has 0 heterocycles. The smallest absolute Gasteiger partial charge is 0.212 e. The van der Waals surface area contributed by atoms with Crippen molar-refractivity contribution in [3.05, 3.63) is 34.9 Å². The Kier molecular flexibility index (Phi) is 5.25. The lowest BCUT2D eigenvalue weighted by Gasteiger charge is -2.25. The van der Waals surface area contributed by atoms with Gasteiger partial charge in [0, 0.05) is 24.0 Å². The quantitative estimate of drug-likeness (QED) is 0.783. The van der Waals surface area contributed by atoms with Crippen LogP contribution in [0.25, 0.3) is 0 Å². The minimum Gasteiger partial charge on any atom is -0.212 e. The van der Waals surface area contributed by atoms with Crippen molar-refractivity contribution in [1.29, 1.82) is 0 Å². The zero-order chi connectivity index (χ0) is 13.1. The van der Waals surface area contributed by atoms with E-state index >= 15 is 0 Å². The van der Waals surface area contributed by atoms with Crippen molar-refractivity contribution in [2.24, 2.45) is 0 Å². The summed E-state index contributed by atoms with van der Waals surface area (Å²) in [6.45, 7) is 1.80. The number of rotatable bonds is 5. The Morgan fingerprint density at radius 2 is 1.94 bits per heavy atom. The molecule has 96 valence electrons. The summed E-state index contributed by atoms with van der Waals surface area (Å²) < 4.78 is 25.0. The van der Waals surface area contributed by atoms with E-state index in [9.17, 15) is 8.42 Å². The Hall–Kier alpha value is -0.290. The number of benzene rings is 1. The molecular weight excluding hydrogens is 281 g/mol. The highest BCUT2D eigenvalue weighted by Gasteiger charge is 2.24. The third kappa shape index (κ3) is 3.58. The van der Waals surface area contributed by atoms with Gasteiger partial charge in [0.25, 0.3) is 0 Å². The number of nitrogens with zero attached hydrogens (tertiary/aromatic N) is 1. The molecular formula is C11H15Cl2NO2S. The summed E-state index contributed by atoms with van der Waals surface area (Å²) in [7, 11) is -1.79. The number of halogens is 2. The maximum atomic E-state index is 11.9. The minimum absolute atomic E-state index is 0.0696. The first-order chi connectivity index (χ1) is 7.90. The highest BCUT2D eigenvalue weighted by molar-refractivity contribution is 7.89. The van der Waals surface area contributed by atoms with Crippen LogP contribution < -0.4 is 0 Å². The first kappa shape index (κ1) is 14.8. The van der Waals surface area contributed by atoms with Gasteiger partial charge in [0.05, 0.1) is 5.75 Å². The van der Waals surface area contributed by atoms with Gasteiger partial charge >= 0.3 is 0 Å². The summed E-state index contributed by atoms with van der Waals surface area (Å²) in [5.41, 5.74) is 0.787. The van der Waals surface area contributed by atoms with Crippen molar-refractivity contribution in [1.82, 2.24) is 4.31 Å². The van der Waals surface area contributed by atoms with Gasteiger partial charge in [-0.2, -0.15) is 4.31 Å². The highest BCUT2D eigenvalue weighted by Crippen LogP contribution is 2.27. The van der Waals surface area contributed by atoms with Gasteiger partial charge in [-0.1, -0.05) is 29.8 Å². The van der Waals surface area contributed by atoms with E-state index in [1.54, 1.807) is 13.0 Å². The molecule has 0 saturated heterocycles. The van der Waals surface area contributed by atoms with Gasteiger partial charge in [-0.15, -0.1) is 11.6 Å². The first-order valence-electron chi connectivity index (χ1n) is 5.16. The molecule has 0 fully saturated rings.